The first-order valence-corrected chi connectivity index (χ1v) is 4.95. The van der Waals surface area contributed by atoms with Gasteiger partial charge in [0.05, 0.1) is 0 Å². The van der Waals surface area contributed by atoms with Crippen LogP contribution in [0.25, 0.3) is 0 Å². The number of nitrogens with zero attached hydrogens (tertiary/aromatic N) is 2. The molecule has 4 heteroatoms. The summed E-state index contributed by atoms with van der Waals surface area (Å²) < 4.78 is 0. The first kappa shape index (κ1) is 10.5. The van der Waals surface area contributed by atoms with Gasteiger partial charge < -0.3 is 15.5 Å². The van der Waals surface area contributed by atoms with Crippen LogP contribution in [0.15, 0.2) is 0 Å². The molecule has 76 valence electrons. The number of amides is 1. The van der Waals surface area contributed by atoms with Crippen LogP contribution in [0.5, 0.6) is 0 Å². The Morgan fingerprint density at radius 2 is 2.15 bits per heavy atom. The lowest BCUT2D eigenvalue weighted by atomic mass is 10.1. The van der Waals surface area contributed by atoms with Gasteiger partial charge in [-0.25, -0.2) is 0 Å². The van der Waals surface area contributed by atoms with Gasteiger partial charge >= 0.3 is 0 Å². The molecule has 1 unspecified atom stereocenters. The molecule has 13 heavy (non-hydrogen) atoms. The molecule has 0 spiro atoms. The minimum atomic E-state index is -0.225. The highest BCUT2D eigenvalue weighted by Crippen LogP contribution is 2.06. The monoisotopic (exact) mass is 185 g/mol. The molecule has 0 bridgehead atoms. The second-order valence-corrected chi connectivity index (χ2v) is 3.42. The number of likely N-dealkylation sites (tertiary alicyclic amines) is 1. The lowest BCUT2D eigenvalue weighted by Crippen LogP contribution is -2.62. The van der Waals surface area contributed by atoms with E-state index in [1.54, 1.807) is 0 Å². The Morgan fingerprint density at radius 3 is 2.54 bits per heavy atom. The highest BCUT2D eigenvalue weighted by molar-refractivity contribution is 5.87. The Hall–Kier alpha value is -0.610. The summed E-state index contributed by atoms with van der Waals surface area (Å²) in [5, 5.41) is 0. The molecule has 0 aromatic heterocycles. The summed E-state index contributed by atoms with van der Waals surface area (Å²) in [6, 6.07) is -0.225. The maximum Gasteiger partial charge on any atom is 0.241 e. The van der Waals surface area contributed by atoms with Gasteiger partial charge in [0.2, 0.25) is 5.91 Å². The van der Waals surface area contributed by atoms with Gasteiger partial charge in [0.1, 0.15) is 6.04 Å². The van der Waals surface area contributed by atoms with E-state index in [9.17, 15) is 4.79 Å². The number of nitrogens with two attached hydrogens (primary N) is 1. The third-order valence-corrected chi connectivity index (χ3v) is 2.63. The maximum atomic E-state index is 11.1. The zero-order valence-corrected chi connectivity index (χ0v) is 8.49. The van der Waals surface area contributed by atoms with Crippen molar-refractivity contribution in [3.8, 4) is 0 Å². The minimum Gasteiger partial charge on any atom is -0.338 e. The zero-order chi connectivity index (χ0) is 9.84. The molecule has 1 amide bonds. The highest BCUT2D eigenvalue weighted by Gasteiger charge is 2.32. The fourth-order valence-corrected chi connectivity index (χ4v) is 1.53. The molecule has 0 aromatic carbocycles. The summed E-state index contributed by atoms with van der Waals surface area (Å²) in [4.78, 5) is 15.3. The topological polar surface area (TPSA) is 49.6 Å². The van der Waals surface area contributed by atoms with Crippen LogP contribution in [-0.2, 0) is 4.79 Å². The molecule has 0 radical (unpaired) electrons. The quantitative estimate of drug-likeness (QED) is 0.587. The van der Waals surface area contributed by atoms with E-state index in [0.29, 0.717) is 0 Å². The number of hydrogen-bond donors (Lipinski definition) is 1. The third kappa shape index (κ3) is 2.42. The fraction of sp³-hybridized carbons (Fsp3) is 0.889. The van der Waals surface area contributed by atoms with E-state index in [2.05, 4.69) is 18.7 Å². The van der Waals surface area contributed by atoms with E-state index in [0.717, 1.165) is 32.7 Å². The standard InChI is InChI=1S/C9H19N3O/c1-3-11(4-2)5-6-12-7-8(10)9(12)13/h8H,3-7,10H2,1-2H3. The van der Waals surface area contributed by atoms with Crippen LogP contribution >= 0.6 is 0 Å². The molecule has 0 saturated carbocycles. The third-order valence-electron chi connectivity index (χ3n) is 2.63. The Balaban J connectivity index is 2.16. The average Bonchev–Trinajstić information content (AvgIpc) is 2.17. The predicted molar refractivity (Wildman–Crippen MR) is 52.3 cm³/mol. The molecule has 1 heterocycles. The van der Waals surface area contributed by atoms with Crippen molar-refractivity contribution in [1.82, 2.24) is 9.80 Å². The smallest absolute Gasteiger partial charge is 0.241 e. The second kappa shape index (κ2) is 4.58. The summed E-state index contributed by atoms with van der Waals surface area (Å²) >= 11 is 0. The van der Waals surface area contributed by atoms with Crippen LogP contribution in [0.4, 0.5) is 0 Å². The van der Waals surface area contributed by atoms with Gasteiger partial charge in [0.25, 0.3) is 0 Å². The van der Waals surface area contributed by atoms with Gasteiger partial charge in [-0.05, 0) is 13.1 Å². The van der Waals surface area contributed by atoms with Crippen LogP contribution in [0, 0.1) is 0 Å². The number of β-lactam (4-membered cyclic amide) rings is 1. The lowest BCUT2D eigenvalue weighted by Gasteiger charge is -2.37. The number of rotatable bonds is 5. The molecule has 4 nitrogen and oxygen atoms in total. The first-order chi connectivity index (χ1) is 6.19. The summed E-state index contributed by atoms with van der Waals surface area (Å²) in [6.07, 6.45) is 0. The summed E-state index contributed by atoms with van der Waals surface area (Å²) in [5.74, 6) is 0.104. The summed E-state index contributed by atoms with van der Waals surface area (Å²) in [5.41, 5.74) is 5.48. The van der Waals surface area contributed by atoms with Crippen molar-refractivity contribution in [3.63, 3.8) is 0 Å². The summed E-state index contributed by atoms with van der Waals surface area (Å²) in [7, 11) is 0. The van der Waals surface area contributed by atoms with Crippen LogP contribution < -0.4 is 5.73 Å². The number of likely N-dealkylation sites (N-methyl/N-ethyl adjacent to an activating group) is 1. The van der Waals surface area contributed by atoms with Crippen molar-refractivity contribution in [2.45, 2.75) is 19.9 Å². The number of carbonyl (C=O) groups is 1. The van der Waals surface area contributed by atoms with Gasteiger partial charge in [-0.15, -0.1) is 0 Å². The molecule has 2 N–H and O–H groups in total. The first-order valence-electron chi connectivity index (χ1n) is 4.95. The molecule has 1 rings (SSSR count). The predicted octanol–water partition coefficient (Wildman–Crippen LogP) is -0.502. The highest BCUT2D eigenvalue weighted by atomic mass is 16.2. The van der Waals surface area contributed by atoms with Crippen LogP contribution in [0.1, 0.15) is 13.8 Å². The van der Waals surface area contributed by atoms with Crippen molar-refractivity contribution >= 4 is 5.91 Å². The van der Waals surface area contributed by atoms with E-state index in [-0.39, 0.29) is 11.9 Å². The van der Waals surface area contributed by atoms with Crippen LogP contribution in [0.3, 0.4) is 0 Å². The van der Waals surface area contributed by atoms with Crippen molar-refractivity contribution in [2.24, 2.45) is 5.73 Å². The molecule has 1 atom stereocenters. The molecular weight excluding hydrogens is 166 g/mol. The van der Waals surface area contributed by atoms with Crippen LogP contribution in [0.2, 0.25) is 0 Å². The molecule has 1 fully saturated rings. The average molecular weight is 185 g/mol. The van der Waals surface area contributed by atoms with Gasteiger partial charge in [-0.1, -0.05) is 13.8 Å². The largest absolute Gasteiger partial charge is 0.338 e. The zero-order valence-electron chi connectivity index (χ0n) is 8.49. The van der Waals surface area contributed by atoms with Gasteiger partial charge in [0.15, 0.2) is 0 Å². The fourth-order valence-electron chi connectivity index (χ4n) is 1.53. The van der Waals surface area contributed by atoms with E-state index in [1.807, 2.05) is 4.90 Å². The van der Waals surface area contributed by atoms with Crippen molar-refractivity contribution < 1.29 is 4.79 Å². The number of carbonyl (C=O) groups excluding carboxylic acids is 1. The van der Waals surface area contributed by atoms with E-state index >= 15 is 0 Å². The lowest BCUT2D eigenvalue weighted by molar-refractivity contribution is -0.142. The van der Waals surface area contributed by atoms with Gasteiger partial charge in [0, 0.05) is 19.6 Å². The summed E-state index contributed by atoms with van der Waals surface area (Å²) in [6.45, 7) is 8.88. The molecule has 0 aromatic rings. The Morgan fingerprint density at radius 1 is 1.54 bits per heavy atom. The Kier molecular flexibility index (Phi) is 3.69. The van der Waals surface area contributed by atoms with Crippen LogP contribution in [-0.4, -0.2) is 54.5 Å². The van der Waals surface area contributed by atoms with Gasteiger partial charge in [-0.3, -0.25) is 4.79 Å². The van der Waals surface area contributed by atoms with Crippen molar-refractivity contribution in [1.29, 1.82) is 0 Å². The van der Waals surface area contributed by atoms with E-state index < -0.39 is 0 Å². The van der Waals surface area contributed by atoms with Crippen molar-refractivity contribution in [2.75, 3.05) is 32.7 Å². The normalized spacial score (nSPS) is 22.3. The number of hydrogen-bond acceptors (Lipinski definition) is 3. The molecule has 1 aliphatic heterocycles. The van der Waals surface area contributed by atoms with Crippen molar-refractivity contribution in [3.05, 3.63) is 0 Å². The SMILES string of the molecule is CCN(CC)CCN1CC(N)C1=O. The Bertz CT molecular complexity index is 180. The Labute approximate surface area is 79.7 Å². The molecular formula is C9H19N3O. The molecule has 1 saturated heterocycles. The molecule has 1 aliphatic rings. The molecule has 0 aliphatic carbocycles. The van der Waals surface area contributed by atoms with E-state index in [4.69, 9.17) is 5.73 Å². The van der Waals surface area contributed by atoms with E-state index in [1.165, 1.54) is 0 Å². The van der Waals surface area contributed by atoms with Gasteiger partial charge in [-0.2, -0.15) is 0 Å². The second-order valence-electron chi connectivity index (χ2n) is 3.42. The minimum absolute atomic E-state index is 0.104. The maximum absolute atomic E-state index is 11.1.